The largest absolute Gasteiger partial charge is 0.356 e. The Labute approximate surface area is 175 Å². The standard InChI is InChI=1S/C23H24N6O/c1-28(2)23-26-22(30-27-23)17-12-14-29(15-13-17)21-18-10-6-7-11-19(18)24-20(25-21)16-8-4-3-5-9-16/h3-11,17H,12-15H2,1-2H3. The molecule has 2 aromatic carbocycles. The zero-order valence-corrected chi connectivity index (χ0v) is 17.2. The molecule has 0 amide bonds. The van der Waals surface area contributed by atoms with Crippen molar-refractivity contribution in [3.05, 3.63) is 60.5 Å². The third-order valence-electron chi connectivity index (χ3n) is 5.59. The molecule has 0 N–H and O–H groups in total. The van der Waals surface area contributed by atoms with E-state index in [9.17, 15) is 0 Å². The van der Waals surface area contributed by atoms with E-state index in [2.05, 4.69) is 39.3 Å². The van der Waals surface area contributed by atoms with Gasteiger partial charge in [0.25, 0.3) is 5.95 Å². The monoisotopic (exact) mass is 400 g/mol. The van der Waals surface area contributed by atoms with Crippen LogP contribution in [0.3, 0.4) is 0 Å². The van der Waals surface area contributed by atoms with Crippen LogP contribution in [0.2, 0.25) is 0 Å². The Kier molecular flexibility index (Phi) is 4.78. The first kappa shape index (κ1) is 18.5. The Balaban J connectivity index is 1.43. The van der Waals surface area contributed by atoms with Crippen LogP contribution in [0.4, 0.5) is 11.8 Å². The minimum atomic E-state index is 0.282. The van der Waals surface area contributed by atoms with Gasteiger partial charge in [0.15, 0.2) is 5.82 Å². The van der Waals surface area contributed by atoms with Gasteiger partial charge in [-0.25, -0.2) is 9.97 Å². The van der Waals surface area contributed by atoms with Gasteiger partial charge in [0.2, 0.25) is 5.89 Å². The van der Waals surface area contributed by atoms with Crippen molar-refractivity contribution in [2.45, 2.75) is 18.8 Å². The maximum atomic E-state index is 5.51. The number of aromatic nitrogens is 4. The average Bonchev–Trinajstić information content (AvgIpc) is 3.30. The number of rotatable bonds is 4. The van der Waals surface area contributed by atoms with Crippen molar-refractivity contribution in [1.82, 2.24) is 20.1 Å². The van der Waals surface area contributed by atoms with Gasteiger partial charge in [0.05, 0.1) is 5.52 Å². The summed E-state index contributed by atoms with van der Waals surface area (Å²) >= 11 is 0. The van der Waals surface area contributed by atoms with Gasteiger partial charge in [-0.05, 0) is 30.1 Å². The molecule has 0 atom stereocenters. The molecule has 0 radical (unpaired) electrons. The van der Waals surface area contributed by atoms with Crippen LogP contribution in [0.1, 0.15) is 24.7 Å². The summed E-state index contributed by atoms with van der Waals surface area (Å²) in [5.41, 5.74) is 2.00. The first-order chi connectivity index (χ1) is 14.7. The molecule has 7 nitrogen and oxygen atoms in total. The van der Waals surface area contributed by atoms with E-state index in [1.807, 2.05) is 49.3 Å². The molecule has 2 aromatic heterocycles. The van der Waals surface area contributed by atoms with E-state index in [0.29, 0.717) is 5.95 Å². The lowest BCUT2D eigenvalue weighted by atomic mass is 9.96. The Morgan fingerprint density at radius 1 is 0.900 bits per heavy atom. The highest BCUT2D eigenvalue weighted by atomic mass is 16.5. The van der Waals surface area contributed by atoms with E-state index >= 15 is 0 Å². The average molecular weight is 400 g/mol. The molecule has 0 spiro atoms. The fourth-order valence-electron chi connectivity index (χ4n) is 3.93. The van der Waals surface area contributed by atoms with E-state index in [0.717, 1.165) is 59.9 Å². The molecule has 5 rings (SSSR count). The van der Waals surface area contributed by atoms with Crippen LogP contribution in [-0.4, -0.2) is 47.3 Å². The highest BCUT2D eigenvalue weighted by molar-refractivity contribution is 5.91. The predicted molar refractivity (Wildman–Crippen MR) is 118 cm³/mol. The molecule has 0 saturated carbocycles. The van der Waals surface area contributed by atoms with Crippen LogP contribution in [0, 0.1) is 0 Å². The maximum Gasteiger partial charge on any atom is 0.265 e. The van der Waals surface area contributed by atoms with Crippen molar-refractivity contribution < 1.29 is 4.52 Å². The topological polar surface area (TPSA) is 71.2 Å². The summed E-state index contributed by atoms with van der Waals surface area (Å²) in [4.78, 5) is 18.5. The van der Waals surface area contributed by atoms with Gasteiger partial charge < -0.3 is 14.3 Å². The van der Waals surface area contributed by atoms with Gasteiger partial charge >= 0.3 is 0 Å². The summed E-state index contributed by atoms with van der Waals surface area (Å²) in [7, 11) is 3.84. The Bertz CT molecular complexity index is 1150. The lowest BCUT2D eigenvalue weighted by molar-refractivity contribution is 0.329. The van der Waals surface area contributed by atoms with Crippen molar-refractivity contribution in [3.63, 3.8) is 0 Å². The summed E-state index contributed by atoms with van der Waals surface area (Å²) in [5.74, 6) is 3.40. The molecule has 1 saturated heterocycles. The van der Waals surface area contributed by atoms with Crippen LogP contribution in [-0.2, 0) is 0 Å². The van der Waals surface area contributed by atoms with Gasteiger partial charge in [-0.2, -0.15) is 4.98 Å². The molecule has 152 valence electrons. The lowest BCUT2D eigenvalue weighted by Crippen LogP contribution is -2.34. The smallest absolute Gasteiger partial charge is 0.265 e. The molecule has 1 aliphatic heterocycles. The SMILES string of the molecule is CN(C)c1noc(C2CCN(c3nc(-c4ccccc4)nc4ccccc34)CC2)n1. The number of para-hydroxylation sites is 1. The molecule has 0 aliphatic carbocycles. The van der Waals surface area contributed by atoms with Crippen LogP contribution in [0.15, 0.2) is 59.1 Å². The van der Waals surface area contributed by atoms with Gasteiger partial charge in [0.1, 0.15) is 5.82 Å². The van der Waals surface area contributed by atoms with Gasteiger partial charge in [-0.3, -0.25) is 0 Å². The van der Waals surface area contributed by atoms with Gasteiger partial charge in [-0.1, -0.05) is 42.5 Å². The van der Waals surface area contributed by atoms with Crippen molar-refractivity contribution in [2.24, 2.45) is 0 Å². The fourth-order valence-corrected chi connectivity index (χ4v) is 3.93. The number of nitrogens with zero attached hydrogens (tertiary/aromatic N) is 6. The maximum absolute atomic E-state index is 5.51. The van der Waals surface area contributed by atoms with Crippen LogP contribution < -0.4 is 9.80 Å². The van der Waals surface area contributed by atoms with E-state index < -0.39 is 0 Å². The minimum absolute atomic E-state index is 0.282. The van der Waals surface area contributed by atoms with Crippen molar-refractivity contribution in [1.29, 1.82) is 0 Å². The van der Waals surface area contributed by atoms with Gasteiger partial charge in [0, 0.05) is 44.1 Å². The van der Waals surface area contributed by atoms with Crippen molar-refractivity contribution in [2.75, 3.05) is 37.0 Å². The summed E-state index contributed by atoms with van der Waals surface area (Å²) in [6.07, 6.45) is 1.90. The Hall–Kier alpha value is -3.48. The zero-order chi connectivity index (χ0) is 20.5. The summed E-state index contributed by atoms with van der Waals surface area (Å²) in [5, 5.41) is 5.15. The third-order valence-corrected chi connectivity index (χ3v) is 5.59. The normalized spacial score (nSPS) is 14.9. The number of benzene rings is 2. The Morgan fingerprint density at radius 2 is 1.63 bits per heavy atom. The van der Waals surface area contributed by atoms with E-state index in [-0.39, 0.29) is 5.92 Å². The van der Waals surface area contributed by atoms with Crippen LogP contribution in [0.25, 0.3) is 22.3 Å². The summed E-state index contributed by atoms with van der Waals surface area (Å²) < 4.78 is 5.51. The lowest BCUT2D eigenvalue weighted by Gasteiger charge is -2.32. The fraction of sp³-hybridized carbons (Fsp3) is 0.304. The second kappa shape index (κ2) is 7.74. The molecule has 7 heteroatoms. The van der Waals surface area contributed by atoms with Crippen molar-refractivity contribution >= 4 is 22.7 Å². The predicted octanol–water partition coefficient (Wildman–Crippen LogP) is 4.13. The van der Waals surface area contributed by atoms with Gasteiger partial charge in [-0.15, -0.1) is 0 Å². The number of hydrogen-bond acceptors (Lipinski definition) is 7. The van der Waals surface area contributed by atoms with E-state index in [4.69, 9.17) is 14.5 Å². The minimum Gasteiger partial charge on any atom is -0.356 e. The molecule has 1 fully saturated rings. The highest BCUT2D eigenvalue weighted by Crippen LogP contribution is 2.33. The molecule has 1 aliphatic rings. The number of piperidine rings is 1. The van der Waals surface area contributed by atoms with Crippen LogP contribution >= 0.6 is 0 Å². The highest BCUT2D eigenvalue weighted by Gasteiger charge is 2.27. The molecule has 0 unspecified atom stereocenters. The quantitative estimate of drug-likeness (QED) is 0.510. The van der Waals surface area contributed by atoms with E-state index in [1.165, 1.54) is 0 Å². The summed E-state index contributed by atoms with van der Waals surface area (Å²) in [6, 6.07) is 18.4. The second-order valence-electron chi connectivity index (χ2n) is 7.84. The number of fused-ring (bicyclic) bond motifs is 1. The van der Waals surface area contributed by atoms with E-state index in [1.54, 1.807) is 0 Å². The molecule has 3 heterocycles. The van der Waals surface area contributed by atoms with Crippen molar-refractivity contribution in [3.8, 4) is 11.4 Å². The number of hydrogen-bond donors (Lipinski definition) is 0. The second-order valence-corrected chi connectivity index (χ2v) is 7.84. The molecular weight excluding hydrogens is 376 g/mol. The first-order valence-corrected chi connectivity index (χ1v) is 10.3. The molecule has 30 heavy (non-hydrogen) atoms. The third kappa shape index (κ3) is 3.47. The van der Waals surface area contributed by atoms with Crippen LogP contribution in [0.5, 0.6) is 0 Å². The summed E-state index contributed by atoms with van der Waals surface area (Å²) in [6.45, 7) is 1.78. The molecular formula is C23H24N6O. The zero-order valence-electron chi connectivity index (χ0n) is 17.2. The first-order valence-electron chi connectivity index (χ1n) is 10.3. The molecule has 4 aromatic rings. The number of anilines is 2. The Morgan fingerprint density at radius 3 is 2.37 bits per heavy atom. The molecule has 0 bridgehead atoms.